The van der Waals surface area contributed by atoms with E-state index >= 15 is 0 Å². The first-order valence-corrected chi connectivity index (χ1v) is 8.79. The molecule has 0 bridgehead atoms. The van der Waals surface area contributed by atoms with Crippen molar-refractivity contribution in [2.45, 2.75) is 12.8 Å². The Bertz CT molecular complexity index is 654. The number of nitrogens with zero attached hydrogens (tertiary/aromatic N) is 1. The first kappa shape index (κ1) is 22.8. The Morgan fingerprint density at radius 3 is 2.85 bits per heavy atom. The summed E-state index contributed by atoms with van der Waals surface area (Å²) in [6.07, 6.45) is 3.21. The van der Waals surface area contributed by atoms with Gasteiger partial charge in [0, 0.05) is 31.7 Å². The molecule has 1 heterocycles. The number of benzene rings is 1. The molecule has 1 unspecified atom stereocenters. The summed E-state index contributed by atoms with van der Waals surface area (Å²) in [7, 11) is 1.53. The van der Waals surface area contributed by atoms with E-state index in [1.54, 1.807) is 29.2 Å². The second kappa shape index (κ2) is 11.5. The highest BCUT2D eigenvalue weighted by atomic mass is 35.5. The second-order valence-electron chi connectivity index (χ2n) is 6.14. The van der Waals surface area contributed by atoms with Gasteiger partial charge in [-0.25, -0.2) is 0 Å². The monoisotopic (exact) mass is 397 g/mol. The number of carbonyl (C=O) groups excluding carboxylic acids is 2. The van der Waals surface area contributed by atoms with E-state index in [1.165, 1.54) is 7.11 Å². The van der Waals surface area contributed by atoms with Crippen molar-refractivity contribution in [2.24, 2.45) is 11.7 Å². The van der Waals surface area contributed by atoms with Gasteiger partial charge in [0.25, 0.3) is 5.91 Å². The van der Waals surface area contributed by atoms with Crippen LogP contribution in [0.3, 0.4) is 0 Å². The minimum absolute atomic E-state index is 0. The Labute approximate surface area is 166 Å². The van der Waals surface area contributed by atoms with E-state index in [1.807, 2.05) is 0 Å². The molecule has 1 fully saturated rings. The van der Waals surface area contributed by atoms with Crippen LogP contribution < -0.4 is 20.5 Å². The third-order valence-corrected chi connectivity index (χ3v) is 4.29. The van der Waals surface area contributed by atoms with Crippen LogP contribution in [0.15, 0.2) is 30.9 Å². The smallest absolute Gasteiger partial charge is 0.254 e. The van der Waals surface area contributed by atoms with E-state index in [9.17, 15) is 9.59 Å². The molecule has 0 saturated carbocycles. The number of carbonyl (C=O) groups is 2. The summed E-state index contributed by atoms with van der Waals surface area (Å²) < 4.78 is 10.8. The van der Waals surface area contributed by atoms with Gasteiger partial charge >= 0.3 is 0 Å². The Hall–Kier alpha value is -2.25. The van der Waals surface area contributed by atoms with E-state index in [-0.39, 0.29) is 30.1 Å². The molecule has 0 aromatic heterocycles. The summed E-state index contributed by atoms with van der Waals surface area (Å²) in [6.45, 7) is 5.87. The van der Waals surface area contributed by atoms with Crippen molar-refractivity contribution in [1.82, 2.24) is 10.2 Å². The molecule has 8 heteroatoms. The standard InChI is InChI=1S/C19H27N3O4.ClH/c1-3-11-26-16-7-6-14(12-17(16)25-2)19(24)22-10-4-5-15(13-22)18(23)21-9-8-20;/h3,6-7,12,15H,1,4-5,8-11,13,20H2,2H3,(H,21,23);1H. The summed E-state index contributed by atoms with van der Waals surface area (Å²) in [5, 5.41) is 2.80. The lowest BCUT2D eigenvalue weighted by atomic mass is 9.96. The number of amides is 2. The van der Waals surface area contributed by atoms with Crippen molar-refractivity contribution in [1.29, 1.82) is 0 Å². The fraction of sp³-hybridized carbons (Fsp3) is 0.474. The summed E-state index contributed by atoms with van der Waals surface area (Å²) in [4.78, 5) is 26.7. The number of hydrogen-bond donors (Lipinski definition) is 2. The van der Waals surface area contributed by atoms with Crippen molar-refractivity contribution < 1.29 is 19.1 Å². The number of ether oxygens (including phenoxy) is 2. The van der Waals surface area contributed by atoms with Gasteiger partial charge in [-0.3, -0.25) is 9.59 Å². The van der Waals surface area contributed by atoms with Crippen molar-refractivity contribution >= 4 is 24.2 Å². The van der Waals surface area contributed by atoms with Crippen molar-refractivity contribution in [2.75, 3.05) is 39.9 Å². The van der Waals surface area contributed by atoms with Crippen LogP contribution in [-0.4, -0.2) is 56.6 Å². The molecule has 150 valence electrons. The zero-order valence-electron chi connectivity index (χ0n) is 15.6. The third-order valence-electron chi connectivity index (χ3n) is 4.29. The van der Waals surface area contributed by atoms with Crippen LogP contribution in [0.2, 0.25) is 0 Å². The Morgan fingerprint density at radius 1 is 1.41 bits per heavy atom. The molecular formula is C19H28ClN3O4. The maximum Gasteiger partial charge on any atom is 0.254 e. The molecule has 0 radical (unpaired) electrons. The summed E-state index contributed by atoms with van der Waals surface area (Å²) in [5.41, 5.74) is 5.93. The first-order chi connectivity index (χ1) is 12.6. The molecule has 2 amide bonds. The zero-order valence-corrected chi connectivity index (χ0v) is 16.4. The normalized spacial score (nSPS) is 16.1. The Kier molecular flexibility index (Phi) is 9.67. The van der Waals surface area contributed by atoms with Gasteiger partial charge < -0.3 is 25.4 Å². The zero-order chi connectivity index (χ0) is 18.9. The molecule has 1 aromatic rings. The largest absolute Gasteiger partial charge is 0.493 e. The molecule has 1 atom stereocenters. The predicted molar refractivity (Wildman–Crippen MR) is 107 cm³/mol. The van der Waals surface area contributed by atoms with Gasteiger partial charge in [-0.1, -0.05) is 12.7 Å². The lowest BCUT2D eigenvalue weighted by Gasteiger charge is -2.32. The molecule has 0 spiro atoms. The summed E-state index contributed by atoms with van der Waals surface area (Å²) in [5.74, 6) is 0.693. The molecule has 7 nitrogen and oxygen atoms in total. The maximum atomic E-state index is 12.8. The third kappa shape index (κ3) is 6.15. The number of nitrogens with two attached hydrogens (primary N) is 1. The maximum absolute atomic E-state index is 12.8. The fourth-order valence-corrected chi connectivity index (χ4v) is 2.97. The molecule has 1 saturated heterocycles. The Morgan fingerprint density at radius 2 is 2.19 bits per heavy atom. The lowest BCUT2D eigenvalue weighted by molar-refractivity contribution is -0.126. The van der Waals surface area contributed by atoms with Crippen LogP contribution in [0, 0.1) is 5.92 Å². The van der Waals surface area contributed by atoms with Crippen molar-refractivity contribution in [3.63, 3.8) is 0 Å². The quantitative estimate of drug-likeness (QED) is 0.650. The van der Waals surface area contributed by atoms with Crippen LogP contribution in [0.25, 0.3) is 0 Å². The van der Waals surface area contributed by atoms with Gasteiger partial charge in [-0.2, -0.15) is 0 Å². The van der Waals surface area contributed by atoms with Gasteiger partial charge in [0.15, 0.2) is 11.5 Å². The van der Waals surface area contributed by atoms with E-state index < -0.39 is 0 Å². The van der Waals surface area contributed by atoms with E-state index in [4.69, 9.17) is 15.2 Å². The van der Waals surface area contributed by atoms with Crippen molar-refractivity contribution in [3.05, 3.63) is 36.4 Å². The van der Waals surface area contributed by atoms with Crippen LogP contribution in [0.5, 0.6) is 11.5 Å². The minimum Gasteiger partial charge on any atom is -0.493 e. The lowest BCUT2D eigenvalue weighted by Crippen LogP contribution is -2.46. The topological polar surface area (TPSA) is 93.9 Å². The molecule has 3 N–H and O–H groups in total. The summed E-state index contributed by atoms with van der Waals surface area (Å²) in [6, 6.07) is 5.09. The highest BCUT2D eigenvalue weighted by molar-refractivity contribution is 5.95. The molecule has 1 aliphatic heterocycles. The molecule has 27 heavy (non-hydrogen) atoms. The van der Waals surface area contributed by atoms with Crippen LogP contribution in [0.4, 0.5) is 0 Å². The molecule has 0 aliphatic carbocycles. The SMILES string of the molecule is C=CCOc1ccc(C(=O)N2CCCC(C(=O)NCCN)C2)cc1OC.Cl. The van der Waals surface area contributed by atoms with E-state index in [0.29, 0.717) is 49.8 Å². The average molecular weight is 398 g/mol. The van der Waals surface area contributed by atoms with Gasteiger partial charge in [0.2, 0.25) is 5.91 Å². The Balaban J connectivity index is 0.00000364. The second-order valence-corrected chi connectivity index (χ2v) is 6.14. The van der Waals surface area contributed by atoms with Crippen LogP contribution >= 0.6 is 12.4 Å². The van der Waals surface area contributed by atoms with Crippen LogP contribution in [-0.2, 0) is 4.79 Å². The fourth-order valence-electron chi connectivity index (χ4n) is 2.97. The molecule has 1 aliphatic rings. The van der Waals surface area contributed by atoms with Crippen LogP contribution in [0.1, 0.15) is 23.2 Å². The molecule has 1 aromatic carbocycles. The van der Waals surface area contributed by atoms with E-state index in [2.05, 4.69) is 11.9 Å². The number of hydrogen-bond acceptors (Lipinski definition) is 5. The number of nitrogens with one attached hydrogen (secondary N) is 1. The number of halogens is 1. The summed E-state index contributed by atoms with van der Waals surface area (Å²) >= 11 is 0. The van der Waals surface area contributed by atoms with Gasteiger partial charge in [0.1, 0.15) is 6.61 Å². The highest BCUT2D eigenvalue weighted by Crippen LogP contribution is 2.29. The minimum atomic E-state index is -0.198. The average Bonchev–Trinajstić information content (AvgIpc) is 2.69. The van der Waals surface area contributed by atoms with Gasteiger partial charge in [-0.15, -0.1) is 12.4 Å². The molecular weight excluding hydrogens is 370 g/mol. The predicted octanol–water partition coefficient (Wildman–Crippen LogP) is 1.61. The number of piperidine rings is 1. The number of methoxy groups -OCH3 is 1. The van der Waals surface area contributed by atoms with Gasteiger partial charge in [0.05, 0.1) is 13.0 Å². The van der Waals surface area contributed by atoms with Crippen molar-refractivity contribution in [3.8, 4) is 11.5 Å². The van der Waals surface area contributed by atoms with E-state index in [0.717, 1.165) is 12.8 Å². The number of rotatable bonds is 8. The highest BCUT2D eigenvalue weighted by Gasteiger charge is 2.29. The first-order valence-electron chi connectivity index (χ1n) is 8.79. The number of likely N-dealkylation sites (tertiary alicyclic amines) is 1. The molecule has 2 rings (SSSR count). The van der Waals surface area contributed by atoms with Gasteiger partial charge in [-0.05, 0) is 31.0 Å².